The molecule has 1 aromatic carbocycles. The lowest BCUT2D eigenvalue weighted by molar-refractivity contribution is 0.372. The third-order valence-electron chi connectivity index (χ3n) is 2.76. The zero-order chi connectivity index (χ0) is 14.5. The zero-order valence-electron chi connectivity index (χ0n) is 11.4. The highest BCUT2D eigenvalue weighted by Crippen LogP contribution is 2.32. The second kappa shape index (κ2) is 6.01. The van der Waals surface area contributed by atoms with Crippen LogP contribution in [-0.4, -0.2) is 22.9 Å². The Kier molecular flexibility index (Phi) is 4.14. The smallest absolute Gasteiger partial charge is 0.249 e. The average Bonchev–Trinajstić information content (AvgIpc) is 2.48. The van der Waals surface area contributed by atoms with Crippen LogP contribution in [0.5, 0.6) is 17.4 Å². The molecule has 0 amide bonds. The number of aryl methyl sites for hydroxylation is 1. The van der Waals surface area contributed by atoms with Crippen molar-refractivity contribution in [2.75, 3.05) is 7.11 Å². The van der Waals surface area contributed by atoms with E-state index in [0.29, 0.717) is 11.5 Å². The van der Waals surface area contributed by atoms with Crippen molar-refractivity contribution in [3.8, 4) is 17.4 Å². The van der Waals surface area contributed by atoms with E-state index in [2.05, 4.69) is 16.9 Å². The van der Waals surface area contributed by atoms with Gasteiger partial charge in [0.25, 0.3) is 0 Å². The maximum Gasteiger partial charge on any atom is 0.249 e. The molecule has 0 aliphatic rings. The number of hydrogen-bond donors (Lipinski definition) is 2. The van der Waals surface area contributed by atoms with Crippen LogP contribution in [0.4, 0.5) is 0 Å². The number of amidine groups is 1. The van der Waals surface area contributed by atoms with Gasteiger partial charge >= 0.3 is 0 Å². The number of ether oxygens (including phenoxy) is 2. The summed E-state index contributed by atoms with van der Waals surface area (Å²) in [6.45, 7) is 2.06. The summed E-state index contributed by atoms with van der Waals surface area (Å²) in [6, 6.07) is 5.65. The number of nitrogens with two attached hydrogens (primary N) is 1. The van der Waals surface area contributed by atoms with Crippen molar-refractivity contribution in [2.45, 2.75) is 13.3 Å². The van der Waals surface area contributed by atoms with E-state index in [4.69, 9.17) is 20.6 Å². The predicted octanol–water partition coefficient (Wildman–Crippen LogP) is 2.12. The lowest BCUT2D eigenvalue weighted by Crippen LogP contribution is -2.15. The van der Waals surface area contributed by atoms with Crippen molar-refractivity contribution >= 4 is 5.84 Å². The van der Waals surface area contributed by atoms with Gasteiger partial charge in [0, 0.05) is 12.4 Å². The Morgan fingerprint density at radius 2 is 2.00 bits per heavy atom. The maximum absolute atomic E-state index is 7.47. The van der Waals surface area contributed by atoms with Crippen LogP contribution in [-0.2, 0) is 6.42 Å². The Morgan fingerprint density at radius 1 is 1.25 bits per heavy atom. The van der Waals surface area contributed by atoms with E-state index < -0.39 is 0 Å². The molecule has 0 atom stereocenters. The molecule has 6 nitrogen and oxygen atoms in total. The third kappa shape index (κ3) is 2.85. The molecule has 2 rings (SSSR count). The molecule has 2 aromatic rings. The first-order valence-corrected chi connectivity index (χ1v) is 6.15. The van der Waals surface area contributed by atoms with Gasteiger partial charge in [0.05, 0.1) is 7.11 Å². The van der Waals surface area contributed by atoms with Crippen LogP contribution in [0.15, 0.2) is 30.6 Å². The van der Waals surface area contributed by atoms with Crippen LogP contribution in [0.1, 0.15) is 18.2 Å². The highest BCUT2D eigenvalue weighted by atomic mass is 16.5. The summed E-state index contributed by atoms with van der Waals surface area (Å²) >= 11 is 0. The molecule has 0 unspecified atom stereocenters. The van der Waals surface area contributed by atoms with Gasteiger partial charge in [-0.3, -0.25) is 5.41 Å². The van der Waals surface area contributed by atoms with Gasteiger partial charge in [0.15, 0.2) is 17.2 Å². The van der Waals surface area contributed by atoms with Gasteiger partial charge in [-0.25, -0.2) is 9.97 Å². The summed E-state index contributed by atoms with van der Waals surface area (Å²) in [5.74, 6) is 1.09. The van der Waals surface area contributed by atoms with Crippen LogP contribution in [0, 0.1) is 5.41 Å². The first-order valence-electron chi connectivity index (χ1n) is 6.15. The van der Waals surface area contributed by atoms with E-state index >= 15 is 0 Å². The Hall–Kier alpha value is -2.63. The predicted molar refractivity (Wildman–Crippen MR) is 75.5 cm³/mol. The molecule has 0 saturated heterocycles. The highest BCUT2D eigenvalue weighted by Gasteiger charge is 2.13. The Balaban J connectivity index is 2.37. The second-order valence-corrected chi connectivity index (χ2v) is 4.06. The van der Waals surface area contributed by atoms with Crippen LogP contribution >= 0.6 is 0 Å². The first-order chi connectivity index (χ1) is 9.65. The molecule has 0 aliphatic heterocycles. The molecule has 104 valence electrons. The largest absolute Gasteiger partial charge is 0.493 e. The number of benzene rings is 1. The van der Waals surface area contributed by atoms with E-state index in [9.17, 15) is 0 Å². The highest BCUT2D eigenvalue weighted by molar-refractivity contribution is 5.95. The summed E-state index contributed by atoms with van der Waals surface area (Å²) < 4.78 is 11.0. The van der Waals surface area contributed by atoms with Crippen molar-refractivity contribution in [1.29, 1.82) is 5.41 Å². The molecular formula is C14H16N4O2. The Bertz CT molecular complexity index is 628. The molecule has 0 fully saturated rings. The zero-order valence-corrected chi connectivity index (χ0v) is 11.4. The van der Waals surface area contributed by atoms with Crippen LogP contribution in [0.3, 0.4) is 0 Å². The fraction of sp³-hybridized carbons (Fsp3) is 0.214. The number of rotatable bonds is 5. The maximum atomic E-state index is 7.47. The molecule has 6 heteroatoms. The van der Waals surface area contributed by atoms with Gasteiger partial charge < -0.3 is 15.2 Å². The molecule has 0 radical (unpaired) electrons. The molecule has 0 aliphatic carbocycles. The number of nitrogens with one attached hydrogen (secondary N) is 1. The van der Waals surface area contributed by atoms with Crippen molar-refractivity contribution < 1.29 is 9.47 Å². The minimum absolute atomic E-state index is 0.183. The van der Waals surface area contributed by atoms with Gasteiger partial charge in [0.2, 0.25) is 5.88 Å². The van der Waals surface area contributed by atoms with Gasteiger partial charge in [-0.1, -0.05) is 13.0 Å². The monoisotopic (exact) mass is 272 g/mol. The topological polar surface area (TPSA) is 94.1 Å². The van der Waals surface area contributed by atoms with Crippen molar-refractivity contribution in [3.05, 3.63) is 41.9 Å². The minimum atomic E-state index is -0.197. The van der Waals surface area contributed by atoms with E-state index in [1.165, 1.54) is 12.4 Å². The molecule has 0 spiro atoms. The fourth-order valence-corrected chi connectivity index (χ4v) is 1.71. The first kappa shape index (κ1) is 13.8. The van der Waals surface area contributed by atoms with Gasteiger partial charge in [-0.05, 0) is 24.1 Å². The van der Waals surface area contributed by atoms with Crippen molar-refractivity contribution in [3.63, 3.8) is 0 Å². The molecule has 0 saturated carbocycles. The molecule has 1 aromatic heterocycles. The van der Waals surface area contributed by atoms with Crippen LogP contribution in [0.2, 0.25) is 0 Å². The lowest BCUT2D eigenvalue weighted by atomic mass is 10.1. The van der Waals surface area contributed by atoms with Gasteiger partial charge in [0.1, 0.15) is 5.84 Å². The van der Waals surface area contributed by atoms with E-state index in [0.717, 1.165) is 12.0 Å². The molecule has 0 bridgehead atoms. The van der Waals surface area contributed by atoms with Gasteiger partial charge in [-0.15, -0.1) is 0 Å². The SMILES string of the molecule is CCc1ccc(Oc2nccnc2C(=N)N)c(OC)c1. The minimum Gasteiger partial charge on any atom is -0.493 e. The lowest BCUT2D eigenvalue weighted by Gasteiger charge is -2.12. The summed E-state index contributed by atoms with van der Waals surface area (Å²) in [7, 11) is 1.57. The van der Waals surface area contributed by atoms with Crippen molar-refractivity contribution in [2.24, 2.45) is 5.73 Å². The van der Waals surface area contributed by atoms with Crippen LogP contribution in [0.25, 0.3) is 0 Å². The number of nitrogens with zero attached hydrogens (tertiary/aromatic N) is 2. The standard InChI is InChI=1S/C14H16N4O2/c1-3-9-4-5-10(11(8-9)19-2)20-14-12(13(15)16)17-6-7-18-14/h4-8H,3H2,1-2H3,(H3,15,16). The molecule has 20 heavy (non-hydrogen) atoms. The fourth-order valence-electron chi connectivity index (χ4n) is 1.71. The van der Waals surface area contributed by atoms with Crippen molar-refractivity contribution in [1.82, 2.24) is 9.97 Å². The van der Waals surface area contributed by atoms with E-state index in [-0.39, 0.29) is 17.4 Å². The quantitative estimate of drug-likeness (QED) is 0.642. The number of aromatic nitrogens is 2. The third-order valence-corrected chi connectivity index (χ3v) is 2.76. The van der Waals surface area contributed by atoms with E-state index in [1.54, 1.807) is 13.2 Å². The van der Waals surface area contributed by atoms with Crippen LogP contribution < -0.4 is 15.2 Å². The molecule has 1 heterocycles. The molecule has 3 N–H and O–H groups in total. The summed E-state index contributed by atoms with van der Waals surface area (Å²) in [5, 5.41) is 7.47. The summed E-state index contributed by atoms with van der Waals surface area (Å²) in [5.41, 5.74) is 6.80. The average molecular weight is 272 g/mol. The number of methoxy groups -OCH3 is 1. The summed E-state index contributed by atoms with van der Waals surface area (Å²) in [4.78, 5) is 8.04. The second-order valence-electron chi connectivity index (χ2n) is 4.06. The Morgan fingerprint density at radius 3 is 2.65 bits per heavy atom. The number of nitrogen functional groups attached to an aromatic ring is 1. The Labute approximate surface area is 117 Å². The van der Waals surface area contributed by atoms with E-state index in [1.807, 2.05) is 12.1 Å². The van der Waals surface area contributed by atoms with Gasteiger partial charge in [-0.2, -0.15) is 0 Å². The summed E-state index contributed by atoms with van der Waals surface area (Å²) in [6.07, 6.45) is 3.84. The molecular weight excluding hydrogens is 256 g/mol. The normalized spacial score (nSPS) is 10.1. The number of hydrogen-bond acceptors (Lipinski definition) is 5.